The molecule has 0 spiro atoms. The van der Waals surface area contributed by atoms with Crippen LogP contribution in [0.15, 0.2) is 67.5 Å². The maximum Gasteiger partial charge on any atom is 0.324 e. The Balaban J connectivity index is 1.31. The molecule has 16 heteroatoms. The molecule has 0 saturated carbocycles. The minimum Gasteiger partial charge on any atom is -0.508 e. The lowest BCUT2D eigenvalue weighted by atomic mass is 9.84. The topological polar surface area (TPSA) is 196 Å². The molecule has 3 aliphatic rings. The largest absolute Gasteiger partial charge is 0.508 e. The van der Waals surface area contributed by atoms with Gasteiger partial charge in [-0.05, 0) is 96.3 Å². The van der Waals surface area contributed by atoms with Crippen molar-refractivity contribution in [3.8, 4) is 28.1 Å². The number of aromatic nitrogens is 2. The Hall–Kier alpha value is -6.10. The van der Waals surface area contributed by atoms with E-state index in [1.54, 1.807) is 39.3 Å². The molecule has 7 rings (SSSR count). The molecule has 2 saturated heterocycles. The molecular formula is C50H63N7O9. The lowest BCUT2D eigenvalue weighted by Crippen LogP contribution is -2.63. The summed E-state index contributed by atoms with van der Waals surface area (Å²) in [6.07, 6.45) is 6.07. The first-order chi connectivity index (χ1) is 31.4. The third-order valence-electron chi connectivity index (χ3n) is 13.1. The number of phenolic OH excluding ortho intramolecular Hbond substituents is 1. The predicted molar refractivity (Wildman–Crippen MR) is 248 cm³/mol. The SMILES string of the molecule is C=CC(=O)N1CCC(O)(C(=O)N(C)[C@H](C(=O)N[C@H]2Cc3cc(O)cc(c3)-c3ccc4c(c3)c(c(-c3cnccc3COC)n4CC)CC(C)(C)COC(=O)[C@@H]3CCCN(N3)C2=O)C(C)C)C1. The van der Waals surface area contributed by atoms with Crippen LogP contribution >= 0.6 is 0 Å². The van der Waals surface area contributed by atoms with E-state index in [2.05, 4.69) is 59.8 Å². The number of hydrogen-bond donors (Lipinski definition) is 4. The Morgan fingerprint density at radius 2 is 1.89 bits per heavy atom. The molecular weight excluding hydrogens is 843 g/mol. The Kier molecular flexibility index (Phi) is 14.1. The second-order valence-electron chi connectivity index (χ2n) is 19.0. The van der Waals surface area contributed by atoms with Crippen LogP contribution in [-0.4, -0.2) is 128 Å². The molecule has 4 N–H and O–H groups in total. The van der Waals surface area contributed by atoms with Crippen molar-refractivity contribution in [2.45, 2.75) is 104 Å². The summed E-state index contributed by atoms with van der Waals surface area (Å²) >= 11 is 0. The number of phenols is 1. The monoisotopic (exact) mass is 905 g/mol. The van der Waals surface area contributed by atoms with Crippen LogP contribution in [0.1, 0.15) is 70.6 Å². The van der Waals surface area contributed by atoms with Crippen LogP contribution in [0.25, 0.3) is 33.3 Å². The van der Waals surface area contributed by atoms with E-state index in [9.17, 15) is 34.2 Å². The Bertz CT molecular complexity index is 2530. The highest BCUT2D eigenvalue weighted by Crippen LogP contribution is 2.41. The van der Waals surface area contributed by atoms with E-state index in [4.69, 9.17) is 9.47 Å². The Morgan fingerprint density at radius 1 is 1.12 bits per heavy atom. The van der Waals surface area contributed by atoms with Gasteiger partial charge >= 0.3 is 5.97 Å². The van der Waals surface area contributed by atoms with Crippen LogP contribution in [0.2, 0.25) is 0 Å². The molecule has 4 aromatic rings. The normalized spacial score (nSPS) is 21.6. The molecule has 0 aliphatic carbocycles. The van der Waals surface area contributed by atoms with Crippen molar-refractivity contribution >= 4 is 40.5 Å². The second kappa shape index (κ2) is 19.4. The summed E-state index contributed by atoms with van der Waals surface area (Å²) in [5, 5.41) is 28.0. The number of aliphatic hydroxyl groups is 1. The molecule has 16 nitrogen and oxygen atoms in total. The van der Waals surface area contributed by atoms with E-state index >= 15 is 0 Å². The van der Waals surface area contributed by atoms with Crippen LogP contribution in [0.4, 0.5) is 0 Å². The number of β-amino-alcohol motifs (C(OH)–C–C–N with tert-alkyl or cyclic N) is 1. The van der Waals surface area contributed by atoms with Gasteiger partial charge in [0.15, 0.2) is 5.60 Å². The zero-order valence-electron chi connectivity index (χ0n) is 39.1. The van der Waals surface area contributed by atoms with Gasteiger partial charge in [0, 0.05) is 80.9 Å². The molecule has 2 aromatic carbocycles. The number of nitrogens with one attached hydrogen (secondary N) is 2. The number of carbonyl (C=O) groups is 5. The standard InChI is InChI=1S/C50H63N7O9/c1-9-42(59)55-19-16-50(64,28-55)48(63)54(7)43(30(3)4)45(60)52-40-22-31-20-34(23-35(58)21-31)32-13-14-41-36(24-32)37(44(56(41)10-2)38-26-51-17-15-33(38)27-65-8)25-49(5,6)29-66-47(62)39-12-11-18-57(53-39)46(40)61/h9,13-15,17,20-21,23-24,26,30,39-40,43,53,58,64H,1,10-12,16,18-19,22,25,27-29H2,2-8H3,(H,52,60)/t39-,40-,43-,50?/m0/s1. The highest BCUT2D eigenvalue weighted by Gasteiger charge is 2.48. The number of hydrogen-bond acceptors (Lipinski definition) is 11. The molecule has 352 valence electrons. The number of likely N-dealkylation sites (tertiary alicyclic amines) is 1. The fraction of sp³-hybridized carbons (Fsp3) is 0.480. The third-order valence-corrected chi connectivity index (χ3v) is 13.1. The number of carbonyl (C=O) groups excluding carboxylic acids is 5. The highest BCUT2D eigenvalue weighted by atomic mass is 16.5. The van der Waals surface area contributed by atoms with Gasteiger partial charge in [-0.15, -0.1) is 0 Å². The number of hydrazine groups is 1. The first-order valence-corrected chi connectivity index (χ1v) is 22.7. The average Bonchev–Trinajstić information content (AvgIpc) is 3.84. The molecule has 5 heterocycles. The van der Waals surface area contributed by atoms with Gasteiger partial charge in [0.2, 0.25) is 11.8 Å². The summed E-state index contributed by atoms with van der Waals surface area (Å²) < 4.78 is 14.0. The lowest BCUT2D eigenvalue weighted by molar-refractivity contribution is -0.156. The van der Waals surface area contributed by atoms with Gasteiger partial charge < -0.3 is 39.4 Å². The van der Waals surface area contributed by atoms with Crippen molar-refractivity contribution in [2.24, 2.45) is 11.3 Å². The van der Waals surface area contributed by atoms with Crippen molar-refractivity contribution in [2.75, 3.05) is 40.4 Å². The molecule has 6 bridgehead atoms. The van der Waals surface area contributed by atoms with Crippen LogP contribution in [0, 0.1) is 11.3 Å². The molecule has 4 atom stereocenters. The minimum atomic E-state index is -1.93. The number of rotatable bonds is 10. The number of pyridine rings is 1. The molecule has 66 heavy (non-hydrogen) atoms. The molecule has 2 aromatic heterocycles. The smallest absolute Gasteiger partial charge is 0.324 e. The number of nitrogens with zero attached hydrogens (tertiary/aromatic N) is 5. The van der Waals surface area contributed by atoms with Crippen LogP contribution in [0.3, 0.4) is 0 Å². The van der Waals surface area contributed by atoms with Crippen molar-refractivity contribution in [1.82, 2.24) is 35.1 Å². The molecule has 2 fully saturated rings. The van der Waals surface area contributed by atoms with E-state index in [0.717, 1.165) is 44.9 Å². The number of cyclic esters (lactones) is 1. The van der Waals surface area contributed by atoms with Crippen molar-refractivity contribution in [3.05, 3.63) is 84.2 Å². The number of esters is 1. The van der Waals surface area contributed by atoms with Gasteiger partial charge in [-0.1, -0.05) is 46.4 Å². The number of methoxy groups -OCH3 is 1. The number of ether oxygens (including phenoxy) is 2. The molecule has 0 radical (unpaired) electrons. The summed E-state index contributed by atoms with van der Waals surface area (Å²) in [5.74, 6) is -3.35. The molecule has 4 amide bonds. The van der Waals surface area contributed by atoms with Gasteiger partial charge in [0.25, 0.3) is 11.8 Å². The summed E-state index contributed by atoms with van der Waals surface area (Å²) in [6, 6.07) is 10.0. The number of likely N-dealkylation sites (N-methyl/N-ethyl adjacent to an activating group) is 1. The average molecular weight is 906 g/mol. The lowest BCUT2D eigenvalue weighted by Gasteiger charge is -2.37. The highest BCUT2D eigenvalue weighted by molar-refractivity contribution is 5.97. The zero-order valence-corrected chi connectivity index (χ0v) is 39.1. The minimum absolute atomic E-state index is 0.0233. The van der Waals surface area contributed by atoms with Crippen LogP contribution in [-0.2, 0) is 59.4 Å². The number of aromatic hydroxyl groups is 1. The zero-order chi connectivity index (χ0) is 47.7. The van der Waals surface area contributed by atoms with Gasteiger partial charge in [-0.25, -0.2) is 5.43 Å². The van der Waals surface area contributed by atoms with Gasteiger partial charge in [0.05, 0.1) is 25.5 Å². The van der Waals surface area contributed by atoms with E-state index in [-0.39, 0.29) is 44.8 Å². The Morgan fingerprint density at radius 3 is 2.61 bits per heavy atom. The van der Waals surface area contributed by atoms with Crippen molar-refractivity contribution < 1.29 is 43.7 Å². The molecule has 3 aliphatic heterocycles. The summed E-state index contributed by atoms with van der Waals surface area (Å²) in [4.78, 5) is 76.5. The van der Waals surface area contributed by atoms with E-state index in [1.807, 2.05) is 24.4 Å². The van der Waals surface area contributed by atoms with Gasteiger partial charge in [0.1, 0.15) is 23.9 Å². The number of aryl methyl sites for hydroxylation is 1. The Labute approximate surface area is 385 Å². The summed E-state index contributed by atoms with van der Waals surface area (Å²) in [6.45, 7) is 14.5. The quantitative estimate of drug-likeness (QED) is 0.129. The maximum absolute atomic E-state index is 14.7. The fourth-order valence-electron chi connectivity index (χ4n) is 9.85. The van der Waals surface area contributed by atoms with Gasteiger partial charge in [-0.3, -0.25) is 34.0 Å². The first kappa shape index (κ1) is 47.9. The van der Waals surface area contributed by atoms with Crippen LogP contribution in [0.5, 0.6) is 5.75 Å². The van der Waals surface area contributed by atoms with E-state index in [0.29, 0.717) is 43.5 Å². The summed E-state index contributed by atoms with van der Waals surface area (Å²) in [5.41, 5.74) is 7.58. The first-order valence-electron chi connectivity index (χ1n) is 22.7. The van der Waals surface area contributed by atoms with Gasteiger partial charge in [-0.2, -0.15) is 0 Å². The van der Waals surface area contributed by atoms with Crippen LogP contribution < -0.4 is 10.7 Å². The summed E-state index contributed by atoms with van der Waals surface area (Å²) in [7, 11) is 3.09. The van der Waals surface area contributed by atoms with Crippen molar-refractivity contribution in [3.63, 3.8) is 0 Å². The second-order valence-corrected chi connectivity index (χ2v) is 19.0. The third kappa shape index (κ3) is 9.72. The predicted octanol–water partition coefficient (Wildman–Crippen LogP) is 4.52. The van der Waals surface area contributed by atoms with E-state index in [1.165, 1.54) is 21.9 Å². The van der Waals surface area contributed by atoms with Crippen molar-refractivity contribution in [1.29, 1.82) is 0 Å². The number of amides is 4. The molecule has 1 unspecified atom stereocenters. The fourth-order valence-corrected chi connectivity index (χ4v) is 9.85. The number of fused-ring (bicyclic) bond motifs is 6. The number of benzene rings is 2. The maximum atomic E-state index is 14.7. The van der Waals surface area contributed by atoms with E-state index < -0.39 is 64.7 Å².